The number of carbonyl (C=O) groups is 1. The van der Waals surface area contributed by atoms with E-state index in [1.54, 1.807) is 16.4 Å². The van der Waals surface area contributed by atoms with Crippen LogP contribution in [0.2, 0.25) is 0 Å². The number of benzene rings is 2. The summed E-state index contributed by atoms with van der Waals surface area (Å²) >= 11 is 0. The summed E-state index contributed by atoms with van der Waals surface area (Å²) in [6.07, 6.45) is 5.58. The van der Waals surface area contributed by atoms with E-state index >= 15 is 0 Å². The maximum absolute atomic E-state index is 12.8. The number of unbranched alkanes of at least 4 members (excludes halogenated alkanes) is 1. The molecule has 0 bridgehead atoms. The van der Waals surface area contributed by atoms with Crippen LogP contribution in [-0.4, -0.2) is 44.9 Å². The van der Waals surface area contributed by atoms with E-state index < -0.39 is 10.0 Å². The van der Waals surface area contributed by atoms with Gasteiger partial charge in [0.05, 0.1) is 11.5 Å². The van der Waals surface area contributed by atoms with Gasteiger partial charge in [0.15, 0.2) is 0 Å². The maximum Gasteiger partial charge on any atom is 0.251 e. The van der Waals surface area contributed by atoms with Gasteiger partial charge in [-0.1, -0.05) is 31.0 Å². The molecule has 6 nitrogen and oxygen atoms in total. The minimum atomic E-state index is -3.49. The smallest absolute Gasteiger partial charge is 0.251 e. The maximum atomic E-state index is 12.8. The Morgan fingerprint density at radius 1 is 0.900 bits per heavy atom. The van der Waals surface area contributed by atoms with Crippen molar-refractivity contribution in [2.45, 2.75) is 43.4 Å². The molecule has 30 heavy (non-hydrogen) atoms. The molecule has 1 amide bonds. The fraction of sp³-hybridized carbons (Fsp3) is 0.435. The molecule has 3 rings (SSSR count). The van der Waals surface area contributed by atoms with Gasteiger partial charge < -0.3 is 10.1 Å². The molecule has 0 saturated carbocycles. The molecule has 1 N–H and O–H groups in total. The van der Waals surface area contributed by atoms with Gasteiger partial charge in [-0.05, 0) is 62.1 Å². The summed E-state index contributed by atoms with van der Waals surface area (Å²) in [5.41, 5.74) is 0.463. The molecular weight excluding hydrogens is 400 g/mol. The van der Waals surface area contributed by atoms with Gasteiger partial charge >= 0.3 is 0 Å². The number of ether oxygens (including phenoxy) is 1. The van der Waals surface area contributed by atoms with Crippen LogP contribution in [0.25, 0.3) is 0 Å². The highest BCUT2D eigenvalue weighted by Gasteiger charge is 2.25. The van der Waals surface area contributed by atoms with Gasteiger partial charge in [0, 0.05) is 25.2 Å². The second-order valence-corrected chi connectivity index (χ2v) is 9.41. The second-order valence-electron chi connectivity index (χ2n) is 7.47. The fourth-order valence-corrected chi connectivity index (χ4v) is 4.96. The van der Waals surface area contributed by atoms with Gasteiger partial charge in [0.25, 0.3) is 5.91 Å². The average Bonchev–Trinajstić information content (AvgIpc) is 3.07. The van der Waals surface area contributed by atoms with Crippen molar-refractivity contribution in [3.63, 3.8) is 0 Å². The molecule has 2 aromatic carbocycles. The summed E-state index contributed by atoms with van der Waals surface area (Å²) in [5.74, 6) is 0.648. The number of hydrogen-bond donors (Lipinski definition) is 1. The predicted molar refractivity (Wildman–Crippen MR) is 117 cm³/mol. The Bertz CT molecular complexity index is 891. The van der Waals surface area contributed by atoms with Crippen LogP contribution in [0.4, 0.5) is 0 Å². The first-order chi connectivity index (χ1) is 14.6. The fourth-order valence-electron chi connectivity index (χ4n) is 3.45. The topological polar surface area (TPSA) is 75.7 Å². The highest BCUT2D eigenvalue weighted by atomic mass is 32.2. The molecule has 1 heterocycles. The Balaban J connectivity index is 1.43. The molecular formula is C23H30N2O4S. The Labute approximate surface area is 179 Å². The molecule has 1 aliphatic heterocycles. The van der Waals surface area contributed by atoms with Crippen molar-refractivity contribution < 1.29 is 17.9 Å². The van der Waals surface area contributed by atoms with E-state index in [-0.39, 0.29) is 10.8 Å². The zero-order valence-electron chi connectivity index (χ0n) is 17.3. The highest BCUT2D eigenvalue weighted by Crippen LogP contribution is 2.20. The van der Waals surface area contributed by atoms with Crippen molar-refractivity contribution >= 4 is 15.9 Å². The third-order valence-corrected chi connectivity index (χ3v) is 7.10. The molecule has 0 aliphatic carbocycles. The summed E-state index contributed by atoms with van der Waals surface area (Å²) in [4.78, 5) is 12.6. The van der Waals surface area contributed by atoms with Crippen LogP contribution >= 0.6 is 0 Å². The quantitative estimate of drug-likeness (QED) is 0.613. The van der Waals surface area contributed by atoms with Crippen LogP contribution in [0, 0.1) is 0 Å². The Morgan fingerprint density at radius 2 is 1.57 bits per heavy atom. The van der Waals surface area contributed by atoms with Gasteiger partial charge in [0.1, 0.15) is 5.75 Å². The number of amides is 1. The molecule has 0 atom stereocenters. The first-order valence-electron chi connectivity index (χ1n) is 10.6. The SMILES string of the molecule is O=C(NCCCCOc1ccccc1)c1ccc(S(=O)(=O)N2CCCCCC2)cc1. The average molecular weight is 431 g/mol. The Hall–Kier alpha value is -2.38. The summed E-state index contributed by atoms with van der Waals surface area (Å²) in [5, 5.41) is 2.87. The third kappa shape index (κ3) is 6.31. The standard InChI is InChI=1S/C23H30N2O4S/c26-23(24-16-6-9-19-29-21-10-4-3-5-11-21)20-12-14-22(15-13-20)30(27,28)25-17-7-1-2-8-18-25/h3-5,10-15H,1-2,6-9,16-19H2,(H,24,26). The number of nitrogens with zero attached hydrogens (tertiary/aromatic N) is 1. The molecule has 0 unspecified atom stereocenters. The van der Waals surface area contributed by atoms with Gasteiger partial charge in [-0.2, -0.15) is 4.31 Å². The van der Waals surface area contributed by atoms with Crippen LogP contribution in [0.15, 0.2) is 59.5 Å². The molecule has 7 heteroatoms. The van der Waals surface area contributed by atoms with Crippen molar-refractivity contribution in [3.05, 3.63) is 60.2 Å². The van der Waals surface area contributed by atoms with E-state index in [4.69, 9.17) is 4.74 Å². The summed E-state index contributed by atoms with van der Waals surface area (Å²) < 4.78 is 32.8. The summed E-state index contributed by atoms with van der Waals surface area (Å²) in [6.45, 7) is 2.28. The summed E-state index contributed by atoms with van der Waals surface area (Å²) in [7, 11) is -3.49. The van der Waals surface area contributed by atoms with Crippen molar-refractivity contribution in [1.29, 1.82) is 0 Å². The number of nitrogens with one attached hydrogen (secondary N) is 1. The summed E-state index contributed by atoms with van der Waals surface area (Å²) in [6, 6.07) is 15.9. The molecule has 162 valence electrons. The molecule has 1 fully saturated rings. The van der Waals surface area contributed by atoms with E-state index in [1.165, 1.54) is 12.1 Å². The minimum Gasteiger partial charge on any atom is -0.494 e. The van der Waals surface area contributed by atoms with Crippen molar-refractivity contribution in [1.82, 2.24) is 9.62 Å². The van der Waals surface area contributed by atoms with E-state index in [1.807, 2.05) is 30.3 Å². The first kappa shape index (κ1) is 22.3. The zero-order chi connectivity index (χ0) is 21.2. The highest BCUT2D eigenvalue weighted by molar-refractivity contribution is 7.89. The van der Waals surface area contributed by atoms with E-state index in [2.05, 4.69) is 5.32 Å². The van der Waals surface area contributed by atoms with Crippen molar-refractivity contribution in [3.8, 4) is 5.75 Å². The van der Waals surface area contributed by atoms with Crippen LogP contribution in [-0.2, 0) is 10.0 Å². The minimum absolute atomic E-state index is 0.197. The molecule has 1 saturated heterocycles. The van der Waals surface area contributed by atoms with Crippen LogP contribution in [0.5, 0.6) is 5.75 Å². The number of rotatable bonds is 9. The monoisotopic (exact) mass is 430 g/mol. The number of carbonyl (C=O) groups excluding carboxylic acids is 1. The van der Waals surface area contributed by atoms with Crippen LogP contribution in [0.1, 0.15) is 48.9 Å². The van der Waals surface area contributed by atoms with Gasteiger partial charge in [-0.3, -0.25) is 4.79 Å². The van der Waals surface area contributed by atoms with Crippen molar-refractivity contribution in [2.75, 3.05) is 26.2 Å². The normalized spacial score (nSPS) is 15.3. The zero-order valence-corrected chi connectivity index (χ0v) is 18.1. The number of sulfonamides is 1. The number of hydrogen-bond acceptors (Lipinski definition) is 4. The van der Waals surface area contributed by atoms with E-state index in [0.717, 1.165) is 44.3 Å². The van der Waals surface area contributed by atoms with Gasteiger partial charge in [-0.25, -0.2) is 8.42 Å². The van der Waals surface area contributed by atoms with Crippen LogP contribution in [0.3, 0.4) is 0 Å². The van der Waals surface area contributed by atoms with E-state index in [9.17, 15) is 13.2 Å². The lowest BCUT2D eigenvalue weighted by molar-refractivity contribution is 0.0952. The molecule has 0 radical (unpaired) electrons. The lowest BCUT2D eigenvalue weighted by atomic mass is 10.2. The van der Waals surface area contributed by atoms with E-state index in [0.29, 0.717) is 31.8 Å². The molecule has 2 aromatic rings. The number of para-hydroxylation sites is 1. The lowest BCUT2D eigenvalue weighted by Gasteiger charge is -2.20. The third-order valence-electron chi connectivity index (χ3n) is 5.19. The Morgan fingerprint density at radius 3 is 2.23 bits per heavy atom. The molecule has 0 spiro atoms. The van der Waals surface area contributed by atoms with Gasteiger partial charge in [-0.15, -0.1) is 0 Å². The van der Waals surface area contributed by atoms with Crippen LogP contribution < -0.4 is 10.1 Å². The predicted octanol–water partition coefficient (Wildman–Crippen LogP) is 3.84. The van der Waals surface area contributed by atoms with Crippen molar-refractivity contribution in [2.24, 2.45) is 0 Å². The second kappa shape index (κ2) is 11.1. The molecule has 1 aliphatic rings. The largest absolute Gasteiger partial charge is 0.494 e. The Kier molecular flexibility index (Phi) is 8.28. The first-order valence-corrected chi connectivity index (χ1v) is 12.1. The van der Waals surface area contributed by atoms with Gasteiger partial charge in [0.2, 0.25) is 10.0 Å². The lowest BCUT2D eigenvalue weighted by Crippen LogP contribution is -2.32. The molecule has 0 aromatic heterocycles.